The number of carbonyl (C=O) groups is 1. The van der Waals surface area contributed by atoms with Gasteiger partial charge in [-0.1, -0.05) is 23.9 Å². The van der Waals surface area contributed by atoms with Crippen LogP contribution >= 0.6 is 34.4 Å². The molecule has 0 atom stereocenters. The molecule has 0 aliphatic heterocycles. The fraction of sp³-hybridized carbons (Fsp3) is 0.227. The van der Waals surface area contributed by atoms with E-state index in [1.165, 1.54) is 16.0 Å². The van der Waals surface area contributed by atoms with Gasteiger partial charge < -0.3 is 14.8 Å². The van der Waals surface area contributed by atoms with Gasteiger partial charge in [-0.3, -0.25) is 4.79 Å². The lowest BCUT2D eigenvalue weighted by Crippen LogP contribution is -2.11. The van der Waals surface area contributed by atoms with Gasteiger partial charge in [0.1, 0.15) is 11.5 Å². The van der Waals surface area contributed by atoms with Crippen LogP contribution in [0.4, 0.5) is 5.13 Å². The molecular formula is C22H21N3O3S3. The van der Waals surface area contributed by atoms with E-state index in [1.54, 1.807) is 37.3 Å². The SMILES string of the molecule is COc1ccc(OC)c(-c2csc(NC(=O)CCCSc3nc4ccccc4s3)n2)c1. The summed E-state index contributed by atoms with van der Waals surface area (Å²) in [6.45, 7) is 0. The summed E-state index contributed by atoms with van der Waals surface area (Å²) in [4.78, 5) is 21.5. The number of anilines is 1. The van der Waals surface area contributed by atoms with Crippen molar-refractivity contribution < 1.29 is 14.3 Å². The highest BCUT2D eigenvalue weighted by atomic mass is 32.2. The Kier molecular flexibility index (Phi) is 7.06. The molecule has 0 radical (unpaired) electrons. The molecule has 0 spiro atoms. The van der Waals surface area contributed by atoms with E-state index in [-0.39, 0.29) is 5.91 Å². The number of methoxy groups -OCH3 is 2. The molecule has 0 saturated carbocycles. The van der Waals surface area contributed by atoms with Gasteiger partial charge in [0.25, 0.3) is 0 Å². The molecule has 1 amide bonds. The molecule has 4 aromatic rings. The van der Waals surface area contributed by atoms with Crippen LogP contribution in [0.3, 0.4) is 0 Å². The van der Waals surface area contributed by atoms with Crippen LogP contribution in [0.25, 0.3) is 21.5 Å². The molecule has 0 bridgehead atoms. The van der Waals surface area contributed by atoms with Gasteiger partial charge in [0, 0.05) is 23.1 Å². The maximum atomic E-state index is 12.3. The molecule has 2 aromatic carbocycles. The number of thiazole rings is 2. The first kappa shape index (κ1) is 21.6. The highest BCUT2D eigenvalue weighted by molar-refractivity contribution is 8.01. The molecule has 2 heterocycles. The molecule has 2 aromatic heterocycles. The molecule has 31 heavy (non-hydrogen) atoms. The van der Waals surface area contributed by atoms with Crippen molar-refractivity contribution in [3.8, 4) is 22.8 Å². The Morgan fingerprint density at radius 1 is 1.13 bits per heavy atom. The highest BCUT2D eigenvalue weighted by Gasteiger charge is 2.13. The van der Waals surface area contributed by atoms with Crippen LogP contribution < -0.4 is 14.8 Å². The van der Waals surface area contributed by atoms with Crippen molar-refractivity contribution in [2.45, 2.75) is 17.2 Å². The predicted octanol–water partition coefficient (Wildman–Crippen LogP) is 5.95. The zero-order chi connectivity index (χ0) is 21.6. The van der Waals surface area contributed by atoms with Gasteiger partial charge in [-0.25, -0.2) is 9.97 Å². The molecule has 9 heteroatoms. The number of para-hydroxylation sites is 1. The van der Waals surface area contributed by atoms with Crippen molar-refractivity contribution in [3.05, 3.63) is 47.8 Å². The quantitative estimate of drug-likeness (QED) is 0.240. The zero-order valence-electron chi connectivity index (χ0n) is 17.1. The van der Waals surface area contributed by atoms with Crippen molar-refractivity contribution in [3.63, 3.8) is 0 Å². The van der Waals surface area contributed by atoms with Gasteiger partial charge in [-0.15, -0.1) is 22.7 Å². The first-order valence-corrected chi connectivity index (χ1v) is 12.3. The van der Waals surface area contributed by atoms with Gasteiger partial charge in [-0.2, -0.15) is 0 Å². The number of thioether (sulfide) groups is 1. The van der Waals surface area contributed by atoms with Crippen molar-refractivity contribution in [1.82, 2.24) is 9.97 Å². The highest BCUT2D eigenvalue weighted by Crippen LogP contribution is 2.35. The second-order valence-corrected chi connectivity index (χ2v) is 9.78. The number of benzene rings is 2. The maximum absolute atomic E-state index is 12.3. The van der Waals surface area contributed by atoms with Crippen molar-refractivity contribution in [2.24, 2.45) is 0 Å². The third kappa shape index (κ3) is 5.36. The van der Waals surface area contributed by atoms with Gasteiger partial charge in [0.2, 0.25) is 5.91 Å². The van der Waals surface area contributed by atoms with Crippen LogP contribution in [0.15, 0.2) is 52.2 Å². The molecule has 0 aliphatic rings. The largest absolute Gasteiger partial charge is 0.497 e. The normalized spacial score (nSPS) is 10.9. The smallest absolute Gasteiger partial charge is 0.226 e. The Balaban J connectivity index is 1.29. The molecule has 0 aliphatic carbocycles. The second-order valence-electron chi connectivity index (χ2n) is 6.55. The molecular weight excluding hydrogens is 450 g/mol. The van der Waals surface area contributed by atoms with Crippen molar-refractivity contribution in [1.29, 1.82) is 0 Å². The van der Waals surface area contributed by atoms with E-state index in [2.05, 4.69) is 21.4 Å². The number of hydrogen-bond acceptors (Lipinski definition) is 8. The number of rotatable bonds is 9. The minimum atomic E-state index is -0.0385. The Hall–Kier alpha value is -2.62. The number of nitrogens with zero attached hydrogens (tertiary/aromatic N) is 2. The average molecular weight is 472 g/mol. The van der Waals surface area contributed by atoms with E-state index in [0.717, 1.165) is 39.0 Å². The molecule has 160 valence electrons. The Morgan fingerprint density at radius 3 is 2.81 bits per heavy atom. The standard InChI is InChI=1S/C22H21N3O3S3/c1-27-14-9-10-18(28-2)15(12-14)17-13-30-21(23-17)25-20(26)8-5-11-29-22-24-16-6-3-4-7-19(16)31-22/h3-4,6-7,9-10,12-13H,5,8,11H2,1-2H3,(H,23,25,26). The predicted molar refractivity (Wildman–Crippen MR) is 129 cm³/mol. The molecule has 0 fully saturated rings. The van der Waals surface area contributed by atoms with Crippen LogP contribution in [0, 0.1) is 0 Å². The summed E-state index contributed by atoms with van der Waals surface area (Å²) in [5.74, 6) is 2.23. The average Bonchev–Trinajstić information content (AvgIpc) is 3.42. The Bertz CT molecular complexity index is 1160. The summed E-state index contributed by atoms with van der Waals surface area (Å²) in [5.41, 5.74) is 2.59. The first-order chi connectivity index (χ1) is 15.2. The van der Waals surface area contributed by atoms with Crippen LogP contribution in [-0.4, -0.2) is 35.8 Å². The first-order valence-electron chi connectivity index (χ1n) is 9.62. The summed E-state index contributed by atoms with van der Waals surface area (Å²) >= 11 is 4.77. The fourth-order valence-electron chi connectivity index (χ4n) is 2.96. The molecule has 0 unspecified atom stereocenters. The van der Waals surface area contributed by atoms with Gasteiger partial charge >= 0.3 is 0 Å². The van der Waals surface area contributed by atoms with Gasteiger partial charge in [0.05, 0.1) is 30.1 Å². The zero-order valence-corrected chi connectivity index (χ0v) is 19.5. The van der Waals surface area contributed by atoms with Crippen molar-refractivity contribution in [2.75, 3.05) is 25.3 Å². The number of aromatic nitrogens is 2. The lowest BCUT2D eigenvalue weighted by Gasteiger charge is -2.08. The topological polar surface area (TPSA) is 73.3 Å². The van der Waals surface area contributed by atoms with Crippen molar-refractivity contribution >= 4 is 55.7 Å². The Labute approximate surface area is 192 Å². The molecule has 1 N–H and O–H groups in total. The van der Waals surface area contributed by atoms with Gasteiger partial charge in [0.15, 0.2) is 9.47 Å². The number of nitrogens with one attached hydrogen (secondary N) is 1. The van der Waals surface area contributed by atoms with E-state index in [1.807, 2.05) is 41.8 Å². The summed E-state index contributed by atoms with van der Waals surface area (Å²) in [7, 11) is 3.24. The number of hydrogen-bond donors (Lipinski definition) is 1. The molecule has 4 rings (SSSR count). The lowest BCUT2D eigenvalue weighted by atomic mass is 10.1. The van der Waals surface area contributed by atoms with Crippen LogP contribution in [0.5, 0.6) is 11.5 Å². The number of ether oxygens (including phenoxy) is 2. The summed E-state index contributed by atoms with van der Waals surface area (Å²) in [6, 6.07) is 13.7. The van der Waals surface area contributed by atoms with E-state index < -0.39 is 0 Å². The van der Waals surface area contributed by atoms with Crippen LogP contribution in [-0.2, 0) is 4.79 Å². The summed E-state index contributed by atoms with van der Waals surface area (Å²) < 4.78 is 13.0. The number of carbonyl (C=O) groups excluding carboxylic acids is 1. The molecule has 6 nitrogen and oxygen atoms in total. The maximum Gasteiger partial charge on any atom is 0.226 e. The van der Waals surface area contributed by atoms with Gasteiger partial charge in [-0.05, 0) is 36.8 Å². The van der Waals surface area contributed by atoms with E-state index in [9.17, 15) is 4.79 Å². The Morgan fingerprint density at radius 2 is 2.00 bits per heavy atom. The van der Waals surface area contributed by atoms with E-state index in [0.29, 0.717) is 17.3 Å². The third-order valence-electron chi connectivity index (χ3n) is 4.48. The third-order valence-corrected chi connectivity index (χ3v) is 7.50. The minimum Gasteiger partial charge on any atom is -0.497 e. The number of amides is 1. The monoisotopic (exact) mass is 471 g/mol. The van der Waals surface area contributed by atoms with Crippen LogP contribution in [0.2, 0.25) is 0 Å². The van der Waals surface area contributed by atoms with Crippen LogP contribution in [0.1, 0.15) is 12.8 Å². The molecule has 0 saturated heterocycles. The fourth-order valence-corrected chi connectivity index (χ4v) is 5.76. The number of fused-ring (bicyclic) bond motifs is 1. The summed E-state index contributed by atoms with van der Waals surface area (Å²) in [5, 5.41) is 5.36. The minimum absolute atomic E-state index is 0.0385. The van der Waals surface area contributed by atoms with E-state index >= 15 is 0 Å². The summed E-state index contributed by atoms with van der Waals surface area (Å²) in [6.07, 6.45) is 1.21. The van der Waals surface area contributed by atoms with E-state index in [4.69, 9.17) is 9.47 Å². The second kappa shape index (κ2) is 10.1. The lowest BCUT2D eigenvalue weighted by molar-refractivity contribution is -0.116.